The molecule has 0 radical (unpaired) electrons. The number of fused-ring (bicyclic) bond motifs is 1. The molecule has 4 rings (SSSR count). The summed E-state index contributed by atoms with van der Waals surface area (Å²) in [5.41, 5.74) is 0.936. The van der Waals surface area contributed by atoms with E-state index in [1.165, 1.54) is 6.33 Å². The van der Waals surface area contributed by atoms with Gasteiger partial charge in [0.2, 0.25) is 10.0 Å². The molecule has 0 aliphatic carbocycles. The monoisotopic (exact) mass is 444 g/mol. The number of benzene rings is 2. The number of halogens is 1. The highest BCUT2D eigenvalue weighted by Gasteiger charge is 2.14. The molecule has 154 valence electrons. The smallest absolute Gasteiger partial charge is 0.229 e. The van der Waals surface area contributed by atoms with Gasteiger partial charge in [-0.3, -0.25) is 9.40 Å². The normalized spacial score (nSPS) is 11.4. The van der Waals surface area contributed by atoms with Crippen LogP contribution in [0.15, 0.2) is 55.0 Å². The van der Waals surface area contributed by atoms with Crippen molar-refractivity contribution in [2.45, 2.75) is 0 Å². The molecule has 0 unspecified atom stereocenters. The first-order valence-electron chi connectivity index (χ1n) is 8.74. The van der Waals surface area contributed by atoms with Crippen molar-refractivity contribution in [1.29, 1.82) is 0 Å². The minimum atomic E-state index is -3.51. The average molecular weight is 445 g/mol. The summed E-state index contributed by atoms with van der Waals surface area (Å²) in [5.74, 6) is 1.82. The first kappa shape index (κ1) is 19.9. The van der Waals surface area contributed by atoms with Crippen molar-refractivity contribution in [2.75, 3.05) is 16.3 Å². The van der Waals surface area contributed by atoms with Gasteiger partial charge in [-0.25, -0.2) is 18.4 Å². The maximum atomic E-state index is 11.7. The molecule has 0 bridgehead atoms. The van der Waals surface area contributed by atoms with Gasteiger partial charge in [-0.2, -0.15) is 5.10 Å². The van der Waals surface area contributed by atoms with Crippen molar-refractivity contribution in [3.05, 3.63) is 60.0 Å². The number of sulfonamides is 1. The summed E-state index contributed by atoms with van der Waals surface area (Å²) in [6, 6.07) is 11.9. The largest absolute Gasteiger partial charge is 0.454 e. The third kappa shape index (κ3) is 4.44. The zero-order valence-corrected chi connectivity index (χ0v) is 17.6. The van der Waals surface area contributed by atoms with Gasteiger partial charge in [0, 0.05) is 24.7 Å². The van der Waals surface area contributed by atoms with Gasteiger partial charge in [-0.15, -0.1) is 0 Å². The van der Waals surface area contributed by atoms with Crippen LogP contribution in [0.4, 0.5) is 17.3 Å². The molecule has 4 aromatic rings. The van der Waals surface area contributed by atoms with E-state index in [0.717, 1.165) is 6.26 Å². The number of hydrogen-bond acceptors (Lipinski definition) is 7. The zero-order valence-electron chi connectivity index (χ0n) is 16.0. The van der Waals surface area contributed by atoms with Gasteiger partial charge >= 0.3 is 0 Å². The van der Waals surface area contributed by atoms with Gasteiger partial charge in [0.15, 0.2) is 11.6 Å². The SMILES string of the molecule is Cn1ccc(Nc2ncnc3ccc(Oc4c(Cl)cccc4NS(C)(=O)=O)cc23)n1. The molecule has 9 nitrogen and oxygen atoms in total. The van der Waals surface area contributed by atoms with Crippen LogP contribution in [0, 0.1) is 0 Å². The molecule has 0 saturated carbocycles. The predicted molar refractivity (Wildman–Crippen MR) is 116 cm³/mol. The second kappa shape index (κ2) is 7.81. The molecular formula is C19H17ClN6O3S. The number of hydrogen-bond donors (Lipinski definition) is 2. The number of ether oxygens (including phenoxy) is 1. The van der Waals surface area contributed by atoms with Gasteiger partial charge in [-0.1, -0.05) is 17.7 Å². The van der Waals surface area contributed by atoms with Crippen molar-refractivity contribution >= 4 is 49.9 Å². The van der Waals surface area contributed by atoms with Gasteiger partial charge in [-0.05, 0) is 30.3 Å². The summed E-state index contributed by atoms with van der Waals surface area (Å²) in [5, 5.41) is 8.41. The Morgan fingerprint density at radius 2 is 1.97 bits per heavy atom. The second-order valence-corrected chi connectivity index (χ2v) is 8.65. The van der Waals surface area contributed by atoms with Crippen molar-refractivity contribution in [3.8, 4) is 11.5 Å². The lowest BCUT2D eigenvalue weighted by atomic mass is 10.2. The second-order valence-electron chi connectivity index (χ2n) is 6.49. The molecule has 2 aromatic carbocycles. The van der Waals surface area contributed by atoms with E-state index >= 15 is 0 Å². The summed E-state index contributed by atoms with van der Waals surface area (Å²) in [4.78, 5) is 8.57. The maximum Gasteiger partial charge on any atom is 0.229 e. The van der Waals surface area contributed by atoms with E-state index in [9.17, 15) is 8.42 Å². The quantitative estimate of drug-likeness (QED) is 0.463. The highest BCUT2D eigenvalue weighted by molar-refractivity contribution is 7.92. The highest BCUT2D eigenvalue weighted by atomic mass is 35.5. The van der Waals surface area contributed by atoms with Crippen LogP contribution in [0.5, 0.6) is 11.5 Å². The molecule has 0 saturated heterocycles. The van der Waals surface area contributed by atoms with E-state index in [0.29, 0.717) is 28.3 Å². The Labute approximate surface area is 177 Å². The van der Waals surface area contributed by atoms with Gasteiger partial charge in [0.1, 0.15) is 17.9 Å². The molecule has 0 aliphatic heterocycles. The first-order valence-corrected chi connectivity index (χ1v) is 11.0. The van der Waals surface area contributed by atoms with Crippen LogP contribution in [0.2, 0.25) is 5.02 Å². The van der Waals surface area contributed by atoms with E-state index in [-0.39, 0.29) is 16.5 Å². The summed E-state index contributed by atoms with van der Waals surface area (Å²) >= 11 is 6.26. The Morgan fingerprint density at radius 1 is 1.13 bits per heavy atom. The molecule has 30 heavy (non-hydrogen) atoms. The summed E-state index contributed by atoms with van der Waals surface area (Å²) in [7, 11) is -1.69. The van der Waals surface area contributed by atoms with E-state index < -0.39 is 10.0 Å². The van der Waals surface area contributed by atoms with E-state index in [1.54, 1.807) is 41.1 Å². The molecule has 2 N–H and O–H groups in total. The summed E-state index contributed by atoms with van der Waals surface area (Å²) < 4.78 is 33.4. The number of nitrogens with one attached hydrogen (secondary N) is 2. The average Bonchev–Trinajstić information content (AvgIpc) is 3.08. The lowest BCUT2D eigenvalue weighted by Gasteiger charge is -2.14. The zero-order chi connectivity index (χ0) is 21.3. The molecule has 11 heteroatoms. The van der Waals surface area contributed by atoms with Crippen LogP contribution < -0.4 is 14.8 Å². The van der Waals surface area contributed by atoms with Crippen molar-refractivity contribution in [2.24, 2.45) is 7.05 Å². The number of aromatic nitrogens is 4. The molecule has 0 fully saturated rings. The Balaban J connectivity index is 1.72. The van der Waals surface area contributed by atoms with Crippen molar-refractivity contribution < 1.29 is 13.2 Å². The predicted octanol–water partition coefficient (Wildman–Crippen LogP) is 3.92. The van der Waals surface area contributed by atoms with Crippen LogP contribution in [-0.2, 0) is 17.1 Å². The van der Waals surface area contributed by atoms with Crippen LogP contribution >= 0.6 is 11.6 Å². The molecule has 0 amide bonds. The summed E-state index contributed by atoms with van der Waals surface area (Å²) in [6.07, 6.45) is 4.32. The molecule has 2 aromatic heterocycles. The highest BCUT2D eigenvalue weighted by Crippen LogP contribution is 2.38. The van der Waals surface area contributed by atoms with Crippen molar-refractivity contribution in [1.82, 2.24) is 19.7 Å². The maximum absolute atomic E-state index is 11.7. The number of para-hydroxylation sites is 1. The third-order valence-corrected chi connectivity index (χ3v) is 4.94. The van der Waals surface area contributed by atoms with Crippen molar-refractivity contribution in [3.63, 3.8) is 0 Å². The fraction of sp³-hybridized carbons (Fsp3) is 0.105. The van der Waals surface area contributed by atoms with Gasteiger partial charge < -0.3 is 10.1 Å². The number of anilines is 3. The van der Waals surface area contributed by atoms with Crippen LogP contribution in [0.1, 0.15) is 0 Å². The Kier molecular flexibility index (Phi) is 5.18. The summed E-state index contributed by atoms with van der Waals surface area (Å²) in [6.45, 7) is 0. The molecule has 0 atom stereocenters. The first-order chi connectivity index (χ1) is 14.3. The topological polar surface area (TPSA) is 111 Å². The number of rotatable bonds is 6. The Morgan fingerprint density at radius 3 is 2.70 bits per heavy atom. The lowest BCUT2D eigenvalue weighted by molar-refractivity contribution is 0.486. The molecular weight excluding hydrogens is 428 g/mol. The van der Waals surface area contributed by atoms with E-state index in [1.807, 2.05) is 19.3 Å². The minimum Gasteiger partial charge on any atom is -0.454 e. The van der Waals surface area contributed by atoms with Gasteiger partial charge in [0.05, 0.1) is 22.5 Å². The fourth-order valence-corrected chi connectivity index (χ4v) is 3.59. The number of aryl methyl sites for hydroxylation is 1. The van der Waals surface area contributed by atoms with Gasteiger partial charge in [0.25, 0.3) is 0 Å². The van der Waals surface area contributed by atoms with E-state index in [2.05, 4.69) is 25.1 Å². The number of nitrogens with zero attached hydrogens (tertiary/aromatic N) is 4. The third-order valence-electron chi connectivity index (χ3n) is 4.05. The van der Waals surface area contributed by atoms with E-state index in [4.69, 9.17) is 16.3 Å². The standard InChI is InChI=1S/C19H17ClN6O3S/c1-26-9-8-17(24-26)23-19-13-10-12(6-7-15(13)21-11-22-19)29-18-14(20)4-3-5-16(18)25-30(2,27)28/h3-11,25H,1-2H3,(H,21,22,23,24). The molecule has 0 aliphatic rings. The van der Waals surface area contributed by atoms with Crippen LogP contribution in [0.25, 0.3) is 10.9 Å². The van der Waals surface area contributed by atoms with Crippen LogP contribution in [0.3, 0.4) is 0 Å². The minimum absolute atomic E-state index is 0.194. The van der Waals surface area contributed by atoms with Crippen LogP contribution in [-0.4, -0.2) is 34.4 Å². The molecule has 0 spiro atoms. The molecule has 2 heterocycles. The fourth-order valence-electron chi connectivity index (χ4n) is 2.81. The Bertz CT molecular complexity index is 1340. The Hall–Kier alpha value is -3.37. The lowest BCUT2D eigenvalue weighted by Crippen LogP contribution is -2.10.